The number of hydrogen-bond acceptors (Lipinski definition) is 5. The normalized spacial score (nSPS) is 14.6. The number of phenolic OH excluding ortho intramolecular Hbond substituents is 1. The van der Waals surface area contributed by atoms with E-state index < -0.39 is 5.91 Å². The van der Waals surface area contributed by atoms with Crippen LogP contribution in [0.3, 0.4) is 0 Å². The Balaban J connectivity index is 1.80. The van der Waals surface area contributed by atoms with Crippen molar-refractivity contribution in [3.05, 3.63) is 52.5 Å². The molecular formula is C18H19N3O3S. The number of carbonyl (C=O) groups excluding carboxylic acids is 2. The molecular weight excluding hydrogens is 338 g/mol. The monoisotopic (exact) mass is 357 g/mol. The first-order chi connectivity index (χ1) is 12.0. The van der Waals surface area contributed by atoms with Crippen LogP contribution in [-0.2, 0) is 4.79 Å². The molecule has 1 aromatic heterocycles. The lowest BCUT2D eigenvalue weighted by Gasteiger charge is -2.17. The molecule has 1 aliphatic carbocycles. The Labute approximate surface area is 149 Å². The van der Waals surface area contributed by atoms with E-state index in [0.29, 0.717) is 11.6 Å². The molecule has 1 aromatic carbocycles. The lowest BCUT2D eigenvalue weighted by Crippen LogP contribution is -2.30. The lowest BCUT2D eigenvalue weighted by atomic mass is 10.1. The van der Waals surface area contributed by atoms with Crippen LogP contribution in [-0.4, -0.2) is 21.9 Å². The van der Waals surface area contributed by atoms with Crippen LogP contribution < -0.4 is 10.6 Å². The minimum atomic E-state index is -0.392. The maximum absolute atomic E-state index is 12.7. The molecule has 2 amide bonds. The molecule has 3 N–H and O–H groups in total. The van der Waals surface area contributed by atoms with Crippen molar-refractivity contribution in [2.75, 3.05) is 5.32 Å². The van der Waals surface area contributed by atoms with E-state index >= 15 is 0 Å². The van der Waals surface area contributed by atoms with Crippen LogP contribution in [0.1, 0.15) is 39.1 Å². The zero-order valence-electron chi connectivity index (χ0n) is 13.8. The van der Waals surface area contributed by atoms with Gasteiger partial charge in [-0.3, -0.25) is 9.59 Å². The number of carbonyl (C=O) groups is 2. The summed E-state index contributed by atoms with van der Waals surface area (Å²) < 4.78 is 0. The summed E-state index contributed by atoms with van der Waals surface area (Å²) in [5.41, 5.74) is 0.529. The third-order valence-corrected chi connectivity index (χ3v) is 4.98. The van der Waals surface area contributed by atoms with Crippen molar-refractivity contribution in [3.63, 3.8) is 0 Å². The second kappa shape index (κ2) is 7.06. The third kappa shape index (κ3) is 4.06. The average Bonchev–Trinajstić information content (AvgIpc) is 3.35. The van der Waals surface area contributed by atoms with Gasteiger partial charge >= 0.3 is 0 Å². The highest BCUT2D eigenvalue weighted by atomic mass is 32.1. The van der Waals surface area contributed by atoms with E-state index in [2.05, 4.69) is 22.2 Å². The third-order valence-electron chi connectivity index (χ3n) is 3.98. The zero-order chi connectivity index (χ0) is 18.0. The largest absolute Gasteiger partial charge is 0.507 e. The highest BCUT2D eigenvalue weighted by molar-refractivity contribution is 7.11. The minimum absolute atomic E-state index is 0.112. The molecule has 1 aliphatic rings. The maximum Gasteiger partial charge on any atom is 0.255 e. The van der Waals surface area contributed by atoms with Crippen LogP contribution in [0.5, 0.6) is 5.75 Å². The number of amides is 2. The molecule has 1 atom stereocenters. The highest BCUT2D eigenvalue weighted by Gasteiger charge is 2.35. The molecule has 2 aromatic rings. The summed E-state index contributed by atoms with van der Waals surface area (Å²) in [4.78, 5) is 29.6. The summed E-state index contributed by atoms with van der Waals surface area (Å²) in [6.07, 6.45) is 5.03. The van der Waals surface area contributed by atoms with Gasteiger partial charge in [0.1, 0.15) is 10.8 Å². The Morgan fingerprint density at radius 1 is 1.44 bits per heavy atom. The SMILES string of the molecule is C=CC(=O)Nc1ccc(O)c(C(=O)NC(c2ncc(C)s2)C2CC2)c1. The Morgan fingerprint density at radius 2 is 2.20 bits per heavy atom. The Kier molecular flexibility index (Phi) is 4.85. The van der Waals surface area contributed by atoms with Gasteiger partial charge in [-0.25, -0.2) is 4.98 Å². The number of phenols is 1. The van der Waals surface area contributed by atoms with Crippen LogP contribution in [0.4, 0.5) is 5.69 Å². The molecule has 130 valence electrons. The van der Waals surface area contributed by atoms with E-state index in [1.807, 2.05) is 6.92 Å². The zero-order valence-corrected chi connectivity index (χ0v) is 14.6. The van der Waals surface area contributed by atoms with Gasteiger partial charge in [0.25, 0.3) is 5.91 Å². The molecule has 3 rings (SSSR count). The van der Waals surface area contributed by atoms with Crippen LogP contribution in [0.25, 0.3) is 0 Å². The second-order valence-electron chi connectivity index (χ2n) is 6.02. The summed E-state index contributed by atoms with van der Waals surface area (Å²) >= 11 is 1.56. The number of aromatic nitrogens is 1. The Bertz CT molecular complexity index is 827. The number of aromatic hydroxyl groups is 1. The van der Waals surface area contributed by atoms with Gasteiger partial charge in [0.2, 0.25) is 5.91 Å². The van der Waals surface area contributed by atoms with Gasteiger partial charge in [-0.1, -0.05) is 6.58 Å². The number of aryl methyl sites for hydroxylation is 1. The number of thiazole rings is 1. The van der Waals surface area contributed by atoms with Gasteiger partial charge in [0, 0.05) is 16.8 Å². The summed E-state index contributed by atoms with van der Waals surface area (Å²) in [5.74, 6) is -0.539. The van der Waals surface area contributed by atoms with E-state index in [0.717, 1.165) is 28.8 Å². The number of rotatable bonds is 6. The van der Waals surface area contributed by atoms with Gasteiger partial charge in [0.05, 0.1) is 11.6 Å². The molecule has 0 aliphatic heterocycles. The predicted octanol–water partition coefficient (Wildman–Crippen LogP) is 3.16. The molecule has 0 radical (unpaired) electrons. The molecule has 1 heterocycles. The molecule has 0 spiro atoms. The van der Waals surface area contributed by atoms with Gasteiger partial charge in [-0.2, -0.15) is 0 Å². The molecule has 0 saturated heterocycles. The Hall–Kier alpha value is -2.67. The smallest absolute Gasteiger partial charge is 0.255 e. The maximum atomic E-state index is 12.7. The first kappa shape index (κ1) is 17.2. The number of benzene rings is 1. The summed E-state index contributed by atoms with van der Waals surface area (Å²) in [6, 6.07) is 4.20. The number of hydrogen-bond donors (Lipinski definition) is 3. The van der Waals surface area contributed by atoms with E-state index in [9.17, 15) is 14.7 Å². The van der Waals surface area contributed by atoms with Gasteiger partial charge in [-0.15, -0.1) is 11.3 Å². The molecule has 6 nitrogen and oxygen atoms in total. The van der Waals surface area contributed by atoms with Crippen LogP contribution in [0.15, 0.2) is 37.1 Å². The van der Waals surface area contributed by atoms with Gasteiger partial charge in [-0.05, 0) is 50.0 Å². The summed E-state index contributed by atoms with van der Waals surface area (Å²) in [6.45, 7) is 5.36. The van der Waals surface area contributed by atoms with Crippen LogP contribution in [0, 0.1) is 12.8 Å². The van der Waals surface area contributed by atoms with E-state index in [1.54, 1.807) is 17.5 Å². The molecule has 1 saturated carbocycles. The molecule has 25 heavy (non-hydrogen) atoms. The van der Waals surface area contributed by atoms with Gasteiger partial charge in [0.15, 0.2) is 0 Å². The van der Waals surface area contributed by atoms with Crippen molar-refractivity contribution in [2.45, 2.75) is 25.8 Å². The van der Waals surface area contributed by atoms with Crippen molar-refractivity contribution >= 4 is 28.8 Å². The Morgan fingerprint density at radius 3 is 2.80 bits per heavy atom. The van der Waals surface area contributed by atoms with Crippen molar-refractivity contribution in [1.29, 1.82) is 0 Å². The van der Waals surface area contributed by atoms with Gasteiger partial charge < -0.3 is 15.7 Å². The van der Waals surface area contributed by atoms with Crippen LogP contribution in [0.2, 0.25) is 0 Å². The second-order valence-corrected chi connectivity index (χ2v) is 7.29. The summed E-state index contributed by atoms with van der Waals surface area (Å²) in [7, 11) is 0. The molecule has 0 bridgehead atoms. The number of nitrogens with zero attached hydrogens (tertiary/aromatic N) is 1. The van der Waals surface area contributed by atoms with E-state index in [1.165, 1.54) is 18.2 Å². The predicted molar refractivity (Wildman–Crippen MR) is 96.7 cm³/mol. The lowest BCUT2D eigenvalue weighted by molar-refractivity contribution is -0.111. The molecule has 7 heteroatoms. The minimum Gasteiger partial charge on any atom is -0.507 e. The summed E-state index contributed by atoms with van der Waals surface area (Å²) in [5, 5.41) is 16.5. The number of anilines is 1. The van der Waals surface area contributed by atoms with Crippen molar-refractivity contribution in [1.82, 2.24) is 10.3 Å². The fourth-order valence-electron chi connectivity index (χ4n) is 2.53. The standard InChI is InChI=1S/C18H19N3O3S/c1-3-15(23)20-12-6-7-14(22)13(8-12)17(24)21-16(11-4-5-11)18-19-9-10(2)25-18/h3,6-9,11,16,22H,1,4-5H2,2H3,(H,20,23)(H,21,24). The fourth-order valence-corrected chi connectivity index (χ4v) is 3.45. The average molecular weight is 357 g/mol. The van der Waals surface area contributed by atoms with Crippen molar-refractivity contribution in [3.8, 4) is 5.75 Å². The van der Waals surface area contributed by atoms with Crippen molar-refractivity contribution in [2.24, 2.45) is 5.92 Å². The number of nitrogens with one attached hydrogen (secondary N) is 2. The fraction of sp³-hybridized carbons (Fsp3) is 0.278. The quantitative estimate of drug-likeness (QED) is 0.547. The van der Waals surface area contributed by atoms with E-state index in [-0.39, 0.29) is 23.3 Å². The van der Waals surface area contributed by atoms with Crippen molar-refractivity contribution < 1.29 is 14.7 Å². The first-order valence-electron chi connectivity index (χ1n) is 7.97. The topological polar surface area (TPSA) is 91.3 Å². The highest BCUT2D eigenvalue weighted by Crippen LogP contribution is 2.42. The molecule has 1 unspecified atom stereocenters. The molecule has 1 fully saturated rings. The van der Waals surface area contributed by atoms with Crippen LogP contribution >= 0.6 is 11.3 Å². The first-order valence-corrected chi connectivity index (χ1v) is 8.79. The van der Waals surface area contributed by atoms with E-state index in [4.69, 9.17) is 0 Å².